The van der Waals surface area contributed by atoms with Crippen LogP contribution in [0.25, 0.3) is 0 Å². The highest BCUT2D eigenvalue weighted by Gasteiger charge is 2.26. The summed E-state index contributed by atoms with van der Waals surface area (Å²) in [4.78, 5) is 19.4. The zero-order chi connectivity index (χ0) is 20.2. The number of carbonyl (C=O) groups excluding carboxylic acids is 1. The highest BCUT2D eigenvalue weighted by Crippen LogP contribution is 2.31. The van der Waals surface area contributed by atoms with E-state index < -0.39 is 0 Å². The molecule has 7 heteroatoms. The second kappa shape index (κ2) is 9.09. The van der Waals surface area contributed by atoms with Gasteiger partial charge in [0.1, 0.15) is 5.15 Å². The number of nitrogens with zero attached hydrogens (tertiary/aromatic N) is 4. The number of amides is 1. The Hall–Kier alpha value is -2.18. The largest absolute Gasteiger partial charge is 0.342 e. The molecular formula is C22H25ClN4OS. The molecule has 152 valence electrons. The highest BCUT2D eigenvalue weighted by atomic mass is 35.5. The Kier molecular flexibility index (Phi) is 6.31. The maximum Gasteiger partial charge on any atom is 0.227 e. The third kappa shape index (κ3) is 4.87. The Morgan fingerprint density at radius 1 is 1.21 bits per heavy atom. The van der Waals surface area contributed by atoms with Gasteiger partial charge in [-0.25, -0.2) is 4.98 Å². The van der Waals surface area contributed by atoms with E-state index in [9.17, 15) is 4.79 Å². The summed E-state index contributed by atoms with van der Waals surface area (Å²) in [6.45, 7) is 1.56. The quantitative estimate of drug-likeness (QED) is 0.589. The number of carbonyl (C=O) groups is 1. The average molecular weight is 429 g/mol. The summed E-state index contributed by atoms with van der Waals surface area (Å²) in [5, 5.41) is 8.06. The van der Waals surface area contributed by atoms with Crippen LogP contribution in [0.4, 0.5) is 0 Å². The van der Waals surface area contributed by atoms with Gasteiger partial charge in [-0.05, 0) is 31.2 Å². The maximum atomic E-state index is 12.6. The molecule has 1 saturated heterocycles. The van der Waals surface area contributed by atoms with E-state index in [0.29, 0.717) is 17.5 Å². The molecule has 29 heavy (non-hydrogen) atoms. The van der Waals surface area contributed by atoms with Crippen LogP contribution in [-0.2, 0) is 31.1 Å². The van der Waals surface area contributed by atoms with Gasteiger partial charge in [-0.2, -0.15) is 5.10 Å². The van der Waals surface area contributed by atoms with Crippen molar-refractivity contribution < 1.29 is 4.79 Å². The minimum Gasteiger partial charge on any atom is -0.342 e. The molecule has 1 aliphatic rings. The Morgan fingerprint density at radius 3 is 2.66 bits per heavy atom. The molecule has 2 aromatic heterocycles. The van der Waals surface area contributed by atoms with E-state index in [1.165, 1.54) is 16.3 Å². The van der Waals surface area contributed by atoms with Gasteiger partial charge in [-0.3, -0.25) is 9.48 Å². The third-order valence-corrected chi connectivity index (χ3v) is 7.10. The van der Waals surface area contributed by atoms with Crippen molar-refractivity contribution in [3.63, 3.8) is 0 Å². The van der Waals surface area contributed by atoms with Crippen LogP contribution in [0.15, 0.2) is 41.9 Å². The minimum absolute atomic E-state index is 0.126. The van der Waals surface area contributed by atoms with Gasteiger partial charge in [0.05, 0.1) is 23.3 Å². The molecule has 0 radical (unpaired) electrons. The number of hydrogen-bond donors (Lipinski definition) is 0. The fourth-order valence-electron chi connectivity index (χ4n) is 3.78. The van der Waals surface area contributed by atoms with Crippen LogP contribution in [0.5, 0.6) is 0 Å². The second-order valence-electron chi connectivity index (χ2n) is 7.58. The molecule has 1 aromatic carbocycles. The lowest BCUT2D eigenvalue weighted by atomic mass is 9.97. The Balaban J connectivity index is 1.28. The predicted octanol–water partition coefficient (Wildman–Crippen LogP) is 4.26. The van der Waals surface area contributed by atoms with Gasteiger partial charge in [0.2, 0.25) is 5.91 Å². The second-order valence-corrected chi connectivity index (χ2v) is 8.83. The van der Waals surface area contributed by atoms with Crippen LogP contribution >= 0.6 is 22.9 Å². The molecule has 0 saturated carbocycles. The van der Waals surface area contributed by atoms with E-state index in [-0.39, 0.29) is 5.91 Å². The standard InChI is InChI=1S/C22H25ClN4OS/c1-26-21(23)18(14-24-26)13-20(28)27-11-9-17(10-12-27)22-25-19(15-29-22)8-7-16-5-3-2-4-6-16/h2-6,14-15,17H,7-13H2,1H3. The van der Waals surface area contributed by atoms with E-state index in [2.05, 4.69) is 34.7 Å². The molecule has 0 bridgehead atoms. The molecule has 1 aliphatic heterocycles. The Morgan fingerprint density at radius 2 is 1.97 bits per heavy atom. The zero-order valence-corrected chi connectivity index (χ0v) is 18.1. The van der Waals surface area contributed by atoms with Crippen LogP contribution in [-0.4, -0.2) is 38.7 Å². The number of thiazole rings is 1. The third-order valence-electron chi connectivity index (χ3n) is 5.56. The van der Waals surface area contributed by atoms with Crippen molar-refractivity contribution in [2.75, 3.05) is 13.1 Å². The van der Waals surface area contributed by atoms with Gasteiger partial charge in [0.15, 0.2) is 0 Å². The first-order valence-corrected chi connectivity index (χ1v) is 11.3. The lowest BCUT2D eigenvalue weighted by Gasteiger charge is -2.31. The van der Waals surface area contributed by atoms with Crippen molar-refractivity contribution in [1.29, 1.82) is 0 Å². The van der Waals surface area contributed by atoms with Crippen molar-refractivity contribution >= 4 is 28.8 Å². The molecule has 1 fully saturated rings. The molecule has 0 spiro atoms. The van der Waals surface area contributed by atoms with Crippen LogP contribution in [0.2, 0.25) is 5.15 Å². The van der Waals surface area contributed by atoms with Crippen molar-refractivity contribution in [3.05, 3.63) is 68.9 Å². The molecule has 0 unspecified atom stereocenters. The fourth-order valence-corrected chi connectivity index (χ4v) is 4.96. The number of aromatic nitrogens is 3. The topological polar surface area (TPSA) is 51.0 Å². The van der Waals surface area contributed by atoms with Gasteiger partial charge in [-0.1, -0.05) is 41.9 Å². The zero-order valence-electron chi connectivity index (χ0n) is 16.6. The van der Waals surface area contributed by atoms with Crippen LogP contribution < -0.4 is 0 Å². The SMILES string of the molecule is Cn1ncc(CC(=O)N2CCC(c3nc(CCc4ccccc4)cs3)CC2)c1Cl. The summed E-state index contributed by atoms with van der Waals surface area (Å²) in [7, 11) is 1.78. The van der Waals surface area contributed by atoms with E-state index in [1.54, 1.807) is 29.3 Å². The summed E-state index contributed by atoms with van der Waals surface area (Å²) < 4.78 is 1.59. The number of likely N-dealkylation sites (tertiary alicyclic amines) is 1. The van der Waals surface area contributed by atoms with E-state index in [0.717, 1.165) is 44.3 Å². The van der Waals surface area contributed by atoms with Gasteiger partial charge in [0.25, 0.3) is 0 Å². The first kappa shape index (κ1) is 20.1. The van der Waals surface area contributed by atoms with E-state index in [4.69, 9.17) is 16.6 Å². The van der Waals surface area contributed by atoms with Gasteiger partial charge < -0.3 is 4.90 Å². The van der Waals surface area contributed by atoms with Crippen LogP contribution in [0.1, 0.15) is 40.6 Å². The summed E-state index contributed by atoms with van der Waals surface area (Å²) in [5.74, 6) is 0.581. The molecule has 3 aromatic rings. The van der Waals surface area contributed by atoms with Gasteiger partial charge in [-0.15, -0.1) is 11.3 Å². The number of piperidine rings is 1. The number of halogens is 1. The van der Waals surface area contributed by atoms with Crippen molar-refractivity contribution in [2.24, 2.45) is 7.05 Å². The van der Waals surface area contributed by atoms with Crippen LogP contribution in [0.3, 0.4) is 0 Å². The first-order valence-electron chi connectivity index (χ1n) is 10.0. The molecular weight excluding hydrogens is 404 g/mol. The molecule has 3 heterocycles. The smallest absolute Gasteiger partial charge is 0.227 e. The first-order chi connectivity index (χ1) is 14.1. The summed E-state index contributed by atoms with van der Waals surface area (Å²) in [5.41, 5.74) is 3.32. The molecule has 5 nitrogen and oxygen atoms in total. The normalized spacial score (nSPS) is 15.0. The molecule has 0 atom stereocenters. The van der Waals surface area contributed by atoms with Gasteiger partial charge >= 0.3 is 0 Å². The van der Waals surface area contributed by atoms with Gasteiger partial charge in [0, 0.05) is 37.0 Å². The predicted molar refractivity (Wildman–Crippen MR) is 116 cm³/mol. The molecule has 0 N–H and O–H groups in total. The maximum absolute atomic E-state index is 12.6. The molecule has 0 aliphatic carbocycles. The minimum atomic E-state index is 0.126. The lowest BCUT2D eigenvalue weighted by Crippen LogP contribution is -2.38. The summed E-state index contributed by atoms with van der Waals surface area (Å²) in [6.07, 6.45) is 5.94. The summed E-state index contributed by atoms with van der Waals surface area (Å²) in [6, 6.07) is 10.5. The Bertz CT molecular complexity index is 960. The monoisotopic (exact) mass is 428 g/mol. The highest BCUT2D eigenvalue weighted by molar-refractivity contribution is 7.09. The van der Waals surface area contributed by atoms with Crippen LogP contribution in [0, 0.1) is 0 Å². The van der Waals surface area contributed by atoms with Crippen molar-refractivity contribution in [1.82, 2.24) is 19.7 Å². The number of rotatable bonds is 6. The van der Waals surface area contributed by atoms with E-state index >= 15 is 0 Å². The number of aryl methyl sites for hydroxylation is 3. The molecule has 1 amide bonds. The van der Waals surface area contributed by atoms with Crippen molar-refractivity contribution in [3.8, 4) is 0 Å². The fraction of sp³-hybridized carbons (Fsp3) is 0.409. The Labute approximate surface area is 180 Å². The number of benzene rings is 1. The van der Waals surface area contributed by atoms with E-state index in [1.807, 2.05) is 11.0 Å². The number of hydrogen-bond acceptors (Lipinski definition) is 4. The summed E-state index contributed by atoms with van der Waals surface area (Å²) >= 11 is 7.95. The van der Waals surface area contributed by atoms with Crippen molar-refractivity contribution in [2.45, 2.75) is 38.0 Å². The average Bonchev–Trinajstić information content (AvgIpc) is 3.35. The molecule has 4 rings (SSSR count). The lowest BCUT2D eigenvalue weighted by molar-refractivity contribution is -0.131.